The van der Waals surface area contributed by atoms with Crippen LogP contribution < -0.4 is 5.32 Å². The van der Waals surface area contributed by atoms with Crippen LogP contribution >= 0.6 is 0 Å². The molecule has 0 aliphatic carbocycles. The third-order valence-electron chi connectivity index (χ3n) is 3.42. The molecule has 0 saturated carbocycles. The SMILES string of the molecule is C=Cc1cccc2c1C(=C)NC(c1ccc(C)cc1)=N2. The predicted molar refractivity (Wildman–Crippen MR) is 86.1 cm³/mol. The topological polar surface area (TPSA) is 24.4 Å². The lowest BCUT2D eigenvalue weighted by Gasteiger charge is -2.21. The number of hydrogen-bond donors (Lipinski definition) is 1. The molecule has 0 radical (unpaired) electrons. The second-order valence-electron chi connectivity index (χ2n) is 4.88. The first kappa shape index (κ1) is 12.4. The van der Waals surface area contributed by atoms with Crippen LogP contribution in [0.2, 0.25) is 0 Å². The summed E-state index contributed by atoms with van der Waals surface area (Å²) in [6, 6.07) is 14.3. The first-order valence-electron chi connectivity index (χ1n) is 6.56. The Morgan fingerprint density at radius 1 is 1.10 bits per heavy atom. The van der Waals surface area contributed by atoms with Crippen LogP contribution in [0.5, 0.6) is 0 Å². The van der Waals surface area contributed by atoms with E-state index in [1.807, 2.05) is 24.3 Å². The number of fused-ring (bicyclic) bond motifs is 1. The lowest BCUT2D eigenvalue weighted by atomic mass is 10.0. The lowest BCUT2D eigenvalue weighted by molar-refractivity contribution is 1.22. The molecule has 0 aromatic heterocycles. The van der Waals surface area contributed by atoms with Crippen LogP contribution in [0, 0.1) is 6.92 Å². The standard InChI is InChI=1S/C18H16N2/c1-4-14-6-5-7-16-17(14)13(3)19-18(20-16)15-10-8-12(2)9-11-15/h4-11H,1,3H2,2H3,(H,19,20). The van der Waals surface area contributed by atoms with Gasteiger partial charge in [-0.15, -0.1) is 0 Å². The zero-order chi connectivity index (χ0) is 14.1. The molecule has 3 rings (SSSR count). The predicted octanol–water partition coefficient (Wildman–Crippen LogP) is 4.29. The fourth-order valence-electron chi connectivity index (χ4n) is 2.35. The van der Waals surface area contributed by atoms with Crippen LogP contribution in [0.25, 0.3) is 11.8 Å². The average molecular weight is 260 g/mol. The molecule has 0 fully saturated rings. The Bertz CT molecular complexity index is 722. The smallest absolute Gasteiger partial charge is 0.138 e. The summed E-state index contributed by atoms with van der Waals surface area (Å²) in [6.07, 6.45) is 1.83. The van der Waals surface area contributed by atoms with E-state index in [4.69, 9.17) is 4.99 Å². The quantitative estimate of drug-likeness (QED) is 0.855. The molecule has 1 aliphatic rings. The van der Waals surface area contributed by atoms with Crippen molar-refractivity contribution in [2.24, 2.45) is 4.99 Å². The monoisotopic (exact) mass is 260 g/mol. The van der Waals surface area contributed by atoms with Gasteiger partial charge in [0.25, 0.3) is 0 Å². The van der Waals surface area contributed by atoms with E-state index in [2.05, 4.69) is 49.7 Å². The molecule has 1 aliphatic heterocycles. The van der Waals surface area contributed by atoms with Gasteiger partial charge < -0.3 is 5.32 Å². The van der Waals surface area contributed by atoms with Gasteiger partial charge in [-0.1, -0.05) is 61.2 Å². The molecule has 2 aromatic carbocycles. The third-order valence-corrected chi connectivity index (χ3v) is 3.42. The normalized spacial score (nSPS) is 13.2. The van der Waals surface area contributed by atoms with Crippen molar-refractivity contribution in [3.8, 4) is 0 Å². The summed E-state index contributed by atoms with van der Waals surface area (Å²) in [5, 5.41) is 3.29. The van der Waals surface area contributed by atoms with Gasteiger partial charge in [-0.2, -0.15) is 0 Å². The van der Waals surface area contributed by atoms with Crippen molar-refractivity contribution < 1.29 is 0 Å². The van der Waals surface area contributed by atoms with E-state index in [0.717, 1.165) is 33.9 Å². The third kappa shape index (κ3) is 2.05. The Kier molecular flexibility index (Phi) is 2.99. The van der Waals surface area contributed by atoms with Gasteiger partial charge in [-0.3, -0.25) is 0 Å². The van der Waals surface area contributed by atoms with Crippen molar-refractivity contribution in [3.05, 3.63) is 77.9 Å². The molecule has 1 N–H and O–H groups in total. The highest BCUT2D eigenvalue weighted by Gasteiger charge is 2.17. The molecule has 0 spiro atoms. The second kappa shape index (κ2) is 4.82. The van der Waals surface area contributed by atoms with Gasteiger partial charge in [0.15, 0.2) is 0 Å². The number of aliphatic imine (C=N–C) groups is 1. The number of amidine groups is 1. The number of rotatable bonds is 2. The number of nitrogens with one attached hydrogen (secondary N) is 1. The van der Waals surface area contributed by atoms with Gasteiger partial charge in [-0.05, 0) is 18.6 Å². The summed E-state index contributed by atoms with van der Waals surface area (Å²) in [5.41, 5.74) is 6.16. The van der Waals surface area contributed by atoms with Crippen LogP contribution in [-0.2, 0) is 0 Å². The molecular weight excluding hydrogens is 244 g/mol. The molecule has 0 unspecified atom stereocenters. The molecule has 0 atom stereocenters. The van der Waals surface area contributed by atoms with Crippen molar-refractivity contribution >= 4 is 23.3 Å². The van der Waals surface area contributed by atoms with Gasteiger partial charge in [0, 0.05) is 16.8 Å². The lowest BCUT2D eigenvalue weighted by Crippen LogP contribution is -2.25. The maximum absolute atomic E-state index is 4.70. The van der Waals surface area contributed by atoms with Gasteiger partial charge >= 0.3 is 0 Å². The Hall–Kier alpha value is -2.61. The van der Waals surface area contributed by atoms with E-state index >= 15 is 0 Å². The minimum Gasteiger partial charge on any atom is -0.340 e. The summed E-state index contributed by atoms with van der Waals surface area (Å²) < 4.78 is 0. The molecule has 0 saturated heterocycles. The average Bonchev–Trinajstić information content (AvgIpc) is 2.47. The van der Waals surface area contributed by atoms with Crippen molar-refractivity contribution in [3.63, 3.8) is 0 Å². The molecule has 1 heterocycles. The number of nitrogens with zero attached hydrogens (tertiary/aromatic N) is 1. The number of benzene rings is 2. The van der Waals surface area contributed by atoms with E-state index in [1.54, 1.807) is 0 Å². The Morgan fingerprint density at radius 3 is 2.55 bits per heavy atom. The fraction of sp³-hybridized carbons (Fsp3) is 0.0556. The molecule has 0 bridgehead atoms. The van der Waals surface area contributed by atoms with E-state index < -0.39 is 0 Å². The molecule has 2 aromatic rings. The van der Waals surface area contributed by atoms with Crippen molar-refractivity contribution in [2.45, 2.75) is 6.92 Å². The largest absolute Gasteiger partial charge is 0.340 e. The highest BCUT2D eigenvalue weighted by Crippen LogP contribution is 2.32. The highest BCUT2D eigenvalue weighted by atomic mass is 15.0. The summed E-state index contributed by atoms with van der Waals surface area (Å²) in [6.45, 7) is 10.0. The molecule has 2 nitrogen and oxygen atoms in total. The van der Waals surface area contributed by atoms with Crippen LogP contribution in [0.15, 0.2) is 60.6 Å². The zero-order valence-electron chi connectivity index (χ0n) is 11.5. The summed E-state index contributed by atoms with van der Waals surface area (Å²) in [7, 11) is 0. The van der Waals surface area contributed by atoms with Gasteiger partial charge in [-0.25, -0.2) is 4.99 Å². The van der Waals surface area contributed by atoms with E-state index in [1.165, 1.54) is 5.56 Å². The first-order valence-corrected chi connectivity index (χ1v) is 6.56. The Balaban J connectivity index is 2.12. The summed E-state index contributed by atoms with van der Waals surface area (Å²) >= 11 is 0. The van der Waals surface area contributed by atoms with Gasteiger partial charge in [0.1, 0.15) is 5.84 Å². The maximum Gasteiger partial charge on any atom is 0.138 e. The Morgan fingerprint density at radius 2 is 1.85 bits per heavy atom. The van der Waals surface area contributed by atoms with Crippen LogP contribution in [0.3, 0.4) is 0 Å². The van der Waals surface area contributed by atoms with Crippen molar-refractivity contribution in [2.75, 3.05) is 0 Å². The van der Waals surface area contributed by atoms with E-state index in [-0.39, 0.29) is 0 Å². The van der Waals surface area contributed by atoms with Crippen LogP contribution in [-0.4, -0.2) is 5.84 Å². The van der Waals surface area contributed by atoms with Crippen molar-refractivity contribution in [1.29, 1.82) is 0 Å². The van der Waals surface area contributed by atoms with Crippen LogP contribution in [0.4, 0.5) is 5.69 Å². The first-order chi connectivity index (χ1) is 9.69. The van der Waals surface area contributed by atoms with Gasteiger partial charge in [0.05, 0.1) is 5.69 Å². The van der Waals surface area contributed by atoms with Gasteiger partial charge in [0.2, 0.25) is 0 Å². The Labute approximate surface area is 119 Å². The second-order valence-corrected chi connectivity index (χ2v) is 4.88. The molecule has 2 heteroatoms. The zero-order valence-corrected chi connectivity index (χ0v) is 11.5. The van der Waals surface area contributed by atoms with E-state index in [0.29, 0.717) is 0 Å². The summed E-state index contributed by atoms with van der Waals surface area (Å²) in [4.78, 5) is 4.70. The molecule has 20 heavy (non-hydrogen) atoms. The van der Waals surface area contributed by atoms with Crippen molar-refractivity contribution in [1.82, 2.24) is 5.32 Å². The molecular formula is C18H16N2. The minimum absolute atomic E-state index is 0.837. The van der Waals surface area contributed by atoms with E-state index in [9.17, 15) is 0 Å². The number of hydrogen-bond acceptors (Lipinski definition) is 2. The molecule has 98 valence electrons. The summed E-state index contributed by atoms with van der Waals surface area (Å²) in [5.74, 6) is 0.837. The maximum atomic E-state index is 4.70. The molecule has 0 amide bonds. The minimum atomic E-state index is 0.837. The van der Waals surface area contributed by atoms with Crippen LogP contribution in [0.1, 0.15) is 22.3 Å². The number of aryl methyl sites for hydroxylation is 1. The fourth-order valence-corrected chi connectivity index (χ4v) is 2.35. The highest BCUT2D eigenvalue weighted by molar-refractivity contribution is 6.08.